The van der Waals surface area contributed by atoms with Gasteiger partial charge in [-0.15, -0.1) is 0 Å². The Bertz CT molecular complexity index is 865. The SMILES string of the molecule is C=Nc1ccc(-c2ccc(/C=C/C(=O)OCCOC(=O)C(C)(C)CC)cc2)cc1. The van der Waals surface area contributed by atoms with E-state index < -0.39 is 11.4 Å². The van der Waals surface area contributed by atoms with E-state index in [0.717, 1.165) is 22.4 Å². The first-order chi connectivity index (χ1) is 13.9. The molecule has 2 rings (SSSR count). The van der Waals surface area contributed by atoms with Crippen LogP contribution in [-0.2, 0) is 19.1 Å². The lowest BCUT2D eigenvalue weighted by molar-refractivity contribution is -0.157. The molecular weight excluding hydrogens is 366 g/mol. The van der Waals surface area contributed by atoms with Crippen LogP contribution in [0.5, 0.6) is 0 Å². The fraction of sp³-hybridized carbons (Fsp3) is 0.292. The summed E-state index contributed by atoms with van der Waals surface area (Å²) in [5, 5.41) is 0. The number of carbonyl (C=O) groups excluding carboxylic acids is 2. The second-order valence-electron chi connectivity index (χ2n) is 7.20. The van der Waals surface area contributed by atoms with E-state index in [1.807, 2.05) is 69.3 Å². The zero-order valence-electron chi connectivity index (χ0n) is 17.2. The van der Waals surface area contributed by atoms with Crippen LogP contribution < -0.4 is 0 Å². The van der Waals surface area contributed by atoms with Crippen molar-refractivity contribution in [2.24, 2.45) is 10.4 Å². The van der Waals surface area contributed by atoms with Crippen LogP contribution in [0.25, 0.3) is 17.2 Å². The Morgan fingerprint density at radius 2 is 1.52 bits per heavy atom. The molecule has 0 unspecified atom stereocenters. The average Bonchev–Trinajstić information content (AvgIpc) is 2.75. The molecule has 5 heteroatoms. The van der Waals surface area contributed by atoms with Crippen LogP contribution in [0.15, 0.2) is 59.6 Å². The summed E-state index contributed by atoms with van der Waals surface area (Å²) in [6.07, 6.45) is 3.73. The minimum Gasteiger partial charge on any atom is -0.462 e. The van der Waals surface area contributed by atoms with Crippen molar-refractivity contribution < 1.29 is 19.1 Å². The van der Waals surface area contributed by atoms with Crippen molar-refractivity contribution in [2.45, 2.75) is 27.2 Å². The summed E-state index contributed by atoms with van der Waals surface area (Å²) in [4.78, 5) is 27.5. The highest BCUT2D eigenvalue weighted by molar-refractivity contribution is 5.87. The molecule has 0 aliphatic rings. The Kier molecular flexibility index (Phi) is 7.89. The van der Waals surface area contributed by atoms with Gasteiger partial charge in [-0.05, 0) is 61.9 Å². The Balaban J connectivity index is 1.81. The van der Waals surface area contributed by atoms with Gasteiger partial charge in [0.05, 0.1) is 11.1 Å². The molecule has 0 spiro atoms. The van der Waals surface area contributed by atoms with E-state index in [4.69, 9.17) is 9.47 Å². The van der Waals surface area contributed by atoms with Crippen LogP contribution in [-0.4, -0.2) is 31.9 Å². The Morgan fingerprint density at radius 3 is 2.07 bits per heavy atom. The summed E-state index contributed by atoms with van der Waals surface area (Å²) < 4.78 is 10.2. The van der Waals surface area contributed by atoms with Gasteiger partial charge in [0, 0.05) is 6.08 Å². The molecule has 0 saturated heterocycles. The largest absolute Gasteiger partial charge is 0.462 e. The Labute approximate surface area is 172 Å². The number of esters is 2. The van der Waals surface area contributed by atoms with E-state index >= 15 is 0 Å². The fourth-order valence-corrected chi connectivity index (χ4v) is 2.37. The lowest BCUT2D eigenvalue weighted by Crippen LogP contribution is -2.27. The second-order valence-corrected chi connectivity index (χ2v) is 7.20. The highest BCUT2D eigenvalue weighted by atomic mass is 16.6. The topological polar surface area (TPSA) is 65.0 Å². The predicted octanol–water partition coefficient (Wildman–Crippen LogP) is 5.22. The van der Waals surface area contributed by atoms with E-state index in [-0.39, 0.29) is 19.2 Å². The van der Waals surface area contributed by atoms with Crippen LogP contribution in [0, 0.1) is 5.41 Å². The molecule has 2 aromatic rings. The standard InChI is InChI=1S/C24H27NO4/c1-5-24(2,3)23(27)29-17-16-28-22(26)15-8-18-6-9-19(10-7-18)20-11-13-21(25-4)14-12-20/h6-15H,4-5,16-17H2,1-3H3/b15-8+. The normalized spacial score (nSPS) is 11.3. The number of nitrogens with zero attached hydrogens (tertiary/aromatic N) is 1. The molecule has 0 saturated carbocycles. The highest BCUT2D eigenvalue weighted by Crippen LogP contribution is 2.23. The summed E-state index contributed by atoms with van der Waals surface area (Å²) >= 11 is 0. The van der Waals surface area contributed by atoms with Crippen molar-refractivity contribution in [2.75, 3.05) is 13.2 Å². The maximum atomic E-state index is 11.8. The Hall–Kier alpha value is -3.21. The quantitative estimate of drug-likeness (QED) is 0.253. The van der Waals surface area contributed by atoms with Gasteiger partial charge in [0.15, 0.2) is 0 Å². The molecule has 0 heterocycles. The highest BCUT2D eigenvalue weighted by Gasteiger charge is 2.26. The molecule has 0 bridgehead atoms. The maximum absolute atomic E-state index is 11.8. The summed E-state index contributed by atoms with van der Waals surface area (Å²) in [5.74, 6) is -0.769. The third-order valence-corrected chi connectivity index (χ3v) is 4.70. The molecule has 0 aliphatic heterocycles. The first-order valence-corrected chi connectivity index (χ1v) is 9.55. The van der Waals surface area contributed by atoms with Crippen LogP contribution in [0.4, 0.5) is 5.69 Å². The third kappa shape index (κ3) is 6.71. The van der Waals surface area contributed by atoms with E-state index in [1.165, 1.54) is 6.08 Å². The minimum absolute atomic E-state index is 0.0310. The van der Waals surface area contributed by atoms with Crippen LogP contribution >= 0.6 is 0 Å². The summed E-state index contributed by atoms with van der Waals surface area (Å²) in [7, 11) is 0. The van der Waals surface area contributed by atoms with Crippen molar-refractivity contribution in [3.05, 3.63) is 60.2 Å². The number of aliphatic imine (C=N–C) groups is 1. The first kappa shape index (κ1) is 22.1. The molecule has 0 aliphatic carbocycles. The molecule has 0 amide bonds. The zero-order valence-corrected chi connectivity index (χ0v) is 17.2. The number of ether oxygens (including phenoxy) is 2. The smallest absolute Gasteiger partial charge is 0.330 e. The van der Waals surface area contributed by atoms with Gasteiger partial charge in [0.2, 0.25) is 0 Å². The van der Waals surface area contributed by atoms with Gasteiger partial charge in [-0.2, -0.15) is 0 Å². The van der Waals surface area contributed by atoms with Crippen molar-refractivity contribution in [1.82, 2.24) is 0 Å². The molecule has 0 atom stereocenters. The molecule has 29 heavy (non-hydrogen) atoms. The van der Waals surface area contributed by atoms with Crippen molar-refractivity contribution in [1.29, 1.82) is 0 Å². The van der Waals surface area contributed by atoms with Crippen molar-refractivity contribution in [3.8, 4) is 11.1 Å². The molecule has 0 fully saturated rings. The second kappa shape index (κ2) is 10.4. The molecular formula is C24H27NO4. The zero-order chi connectivity index (χ0) is 21.3. The summed E-state index contributed by atoms with van der Waals surface area (Å²) in [5.41, 5.74) is 3.33. The number of benzene rings is 2. The number of hydrogen-bond donors (Lipinski definition) is 0. The average molecular weight is 393 g/mol. The number of hydrogen-bond acceptors (Lipinski definition) is 5. The maximum Gasteiger partial charge on any atom is 0.330 e. The third-order valence-electron chi connectivity index (χ3n) is 4.70. The van der Waals surface area contributed by atoms with Gasteiger partial charge < -0.3 is 9.47 Å². The number of rotatable bonds is 9. The molecule has 0 aromatic heterocycles. The van der Waals surface area contributed by atoms with Gasteiger partial charge in [-0.25, -0.2) is 4.79 Å². The fourth-order valence-electron chi connectivity index (χ4n) is 2.37. The van der Waals surface area contributed by atoms with Gasteiger partial charge in [0.1, 0.15) is 13.2 Å². The van der Waals surface area contributed by atoms with Crippen LogP contribution in [0.3, 0.4) is 0 Å². The Morgan fingerprint density at radius 1 is 0.966 bits per heavy atom. The van der Waals surface area contributed by atoms with Gasteiger partial charge in [0.25, 0.3) is 0 Å². The minimum atomic E-state index is -0.527. The van der Waals surface area contributed by atoms with Gasteiger partial charge >= 0.3 is 11.9 Å². The predicted molar refractivity (Wildman–Crippen MR) is 116 cm³/mol. The summed E-state index contributed by atoms with van der Waals surface area (Å²) in [6.45, 7) is 9.16. The van der Waals surface area contributed by atoms with Gasteiger partial charge in [-0.3, -0.25) is 9.79 Å². The van der Waals surface area contributed by atoms with E-state index in [9.17, 15) is 9.59 Å². The van der Waals surface area contributed by atoms with Crippen molar-refractivity contribution in [3.63, 3.8) is 0 Å². The molecule has 0 radical (unpaired) electrons. The lowest BCUT2D eigenvalue weighted by atomic mass is 9.91. The van der Waals surface area contributed by atoms with Crippen molar-refractivity contribution >= 4 is 30.4 Å². The lowest BCUT2D eigenvalue weighted by Gasteiger charge is -2.20. The molecule has 2 aromatic carbocycles. The molecule has 5 nitrogen and oxygen atoms in total. The number of carbonyl (C=O) groups is 2. The van der Waals surface area contributed by atoms with Gasteiger partial charge in [-0.1, -0.05) is 43.3 Å². The summed E-state index contributed by atoms with van der Waals surface area (Å²) in [6, 6.07) is 15.6. The first-order valence-electron chi connectivity index (χ1n) is 9.55. The van der Waals surface area contributed by atoms with E-state index in [1.54, 1.807) is 6.08 Å². The van der Waals surface area contributed by atoms with E-state index in [2.05, 4.69) is 11.7 Å². The monoisotopic (exact) mass is 393 g/mol. The van der Waals surface area contributed by atoms with Crippen LogP contribution in [0.2, 0.25) is 0 Å². The van der Waals surface area contributed by atoms with E-state index in [0.29, 0.717) is 6.42 Å². The molecule has 0 N–H and O–H groups in total. The van der Waals surface area contributed by atoms with Crippen LogP contribution in [0.1, 0.15) is 32.8 Å². The molecule has 152 valence electrons.